The molecule has 1 saturated heterocycles. The van der Waals surface area contributed by atoms with Crippen LogP contribution in [0.3, 0.4) is 0 Å². The first-order valence-electron chi connectivity index (χ1n) is 11.5. The Kier molecular flexibility index (Phi) is 9.18. The number of halogens is 2. The minimum absolute atomic E-state index is 0.0537. The van der Waals surface area contributed by atoms with Crippen molar-refractivity contribution < 1.29 is 23.0 Å². The van der Waals surface area contributed by atoms with Gasteiger partial charge in [0, 0.05) is 6.54 Å². The first-order chi connectivity index (χ1) is 15.5. The van der Waals surface area contributed by atoms with Crippen molar-refractivity contribution in [3.8, 4) is 0 Å². The number of ether oxygens (including phenoxy) is 2. The van der Waals surface area contributed by atoms with Crippen LogP contribution in [0.5, 0.6) is 0 Å². The van der Waals surface area contributed by atoms with Gasteiger partial charge in [0.2, 0.25) is 0 Å². The highest BCUT2D eigenvalue weighted by atomic mass is 19.1. The maximum Gasteiger partial charge on any atom is 0.308 e. The number of hydrogen-bond donors (Lipinski definition) is 0. The van der Waals surface area contributed by atoms with Crippen LogP contribution in [0.4, 0.5) is 8.78 Å². The van der Waals surface area contributed by atoms with Gasteiger partial charge in [-0.05, 0) is 80.6 Å². The third-order valence-electron chi connectivity index (χ3n) is 6.12. The van der Waals surface area contributed by atoms with Gasteiger partial charge in [-0.15, -0.1) is 0 Å². The van der Waals surface area contributed by atoms with Crippen LogP contribution in [0.2, 0.25) is 0 Å². The largest absolute Gasteiger partial charge is 0.466 e. The number of piperidine rings is 1. The highest BCUT2D eigenvalue weighted by Gasteiger charge is 2.24. The summed E-state index contributed by atoms with van der Waals surface area (Å²) in [4.78, 5) is 14.2. The summed E-state index contributed by atoms with van der Waals surface area (Å²) in [6.45, 7) is 7.47. The average molecular weight is 446 g/mol. The summed E-state index contributed by atoms with van der Waals surface area (Å²) in [7, 11) is 0. The highest BCUT2D eigenvalue weighted by Crippen LogP contribution is 2.28. The third-order valence-corrected chi connectivity index (χ3v) is 6.12. The summed E-state index contributed by atoms with van der Waals surface area (Å²) < 4.78 is 38.1. The fourth-order valence-corrected chi connectivity index (χ4v) is 4.29. The predicted molar refractivity (Wildman–Crippen MR) is 120 cm³/mol. The Balaban J connectivity index is 1.49. The first-order valence-corrected chi connectivity index (χ1v) is 11.5. The van der Waals surface area contributed by atoms with Gasteiger partial charge in [-0.25, -0.2) is 8.78 Å². The molecule has 0 spiro atoms. The monoisotopic (exact) mass is 445 g/mol. The summed E-state index contributed by atoms with van der Waals surface area (Å²) in [6.07, 6.45) is 2.62. The number of esters is 1. The van der Waals surface area contributed by atoms with E-state index in [9.17, 15) is 13.6 Å². The van der Waals surface area contributed by atoms with Crippen molar-refractivity contribution in [3.05, 3.63) is 71.3 Å². The Bertz CT molecular complexity index is 788. The lowest BCUT2D eigenvalue weighted by Crippen LogP contribution is -2.37. The number of hydrogen-bond acceptors (Lipinski definition) is 4. The number of carbonyl (C=O) groups excluding carboxylic acids is 1. The van der Waals surface area contributed by atoms with Crippen molar-refractivity contribution in [3.63, 3.8) is 0 Å². The first kappa shape index (κ1) is 24.3. The minimum Gasteiger partial charge on any atom is -0.466 e. The molecule has 1 aliphatic rings. The van der Waals surface area contributed by atoms with E-state index in [4.69, 9.17) is 9.47 Å². The number of rotatable bonds is 10. The molecular formula is C26H33F2NO3. The lowest BCUT2D eigenvalue weighted by molar-refractivity contribution is -0.148. The van der Waals surface area contributed by atoms with Crippen molar-refractivity contribution in [1.82, 2.24) is 4.90 Å². The third kappa shape index (κ3) is 7.10. The van der Waals surface area contributed by atoms with Gasteiger partial charge < -0.3 is 14.4 Å². The molecule has 6 heteroatoms. The van der Waals surface area contributed by atoms with Gasteiger partial charge in [0.1, 0.15) is 17.7 Å². The van der Waals surface area contributed by atoms with Crippen LogP contribution in [0.1, 0.15) is 50.3 Å². The Morgan fingerprint density at radius 3 is 2.03 bits per heavy atom. The molecule has 0 radical (unpaired) electrons. The molecule has 2 aromatic rings. The van der Waals surface area contributed by atoms with E-state index < -0.39 is 0 Å². The van der Waals surface area contributed by atoms with Gasteiger partial charge in [0.15, 0.2) is 0 Å². The van der Waals surface area contributed by atoms with Crippen molar-refractivity contribution >= 4 is 5.97 Å². The molecule has 1 heterocycles. The van der Waals surface area contributed by atoms with Crippen molar-refractivity contribution in [2.75, 3.05) is 32.8 Å². The van der Waals surface area contributed by atoms with Gasteiger partial charge in [-0.3, -0.25) is 4.79 Å². The molecule has 0 aromatic heterocycles. The molecule has 1 unspecified atom stereocenters. The zero-order chi connectivity index (χ0) is 22.9. The molecule has 32 heavy (non-hydrogen) atoms. The quantitative estimate of drug-likeness (QED) is 0.461. The average Bonchev–Trinajstić information content (AvgIpc) is 2.79. The lowest BCUT2D eigenvalue weighted by atomic mass is 9.88. The maximum atomic E-state index is 13.4. The smallest absolute Gasteiger partial charge is 0.308 e. The van der Waals surface area contributed by atoms with Crippen molar-refractivity contribution in [1.29, 1.82) is 0 Å². The molecule has 1 aliphatic heterocycles. The molecular weight excluding hydrogens is 412 g/mol. The number of carbonyl (C=O) groups is 1. The van der Waals surface area contributed by atoms with Gasteiger partial charge in [0.05, 0.1) is 19.1 Å². The summed E-state index contributed by atoms with van der Waals surface area (Å²) in [5.41, 5.74) is 1.68. The highest BCUT2D eigenvalue weighted by molar-refractivity contribution is 5.71. The molecule has 2 aromatic carbocycles. The van der Waals surface area contributed by atoms with Gasteiger partial charge in [-0.1, -0.05) is 31.2 Å². The molecule has 0 aliphatic carbocycles. The van der Waals surface area contributed by atoms with Gasteiger partial charge in [0.25, 0.3) is 0 Å². The van der Waals surface area contributed by atoms with Crippen LogP contribution in [0.25, 0.3) is 0 Å². The van der Waals surface area contributed by atoms with E-state index in [2.05, 4.69) is 4.90 Å². The van der Waals surface area contributed by atoms with E-state index in [1.54, 1.807) is 24.3 Å². The van der Waals surface area contributed by atoms with Crippen LogP contribution >= 0.6 is 0 Å². The topological polar surface area (TPSA) is 38.8 Å². The molecule has 0 amide bonds. The van der Waals surface area contributed by atoms with Crippen LogP contribution in [0, 0.1) is 23.5 Å². The van der Waals surface area contributed by atoms with Crippen LogP contribution in [0.15, 0.2) is 48.5 Å². The summed E-state index contributed by atoms with van der Waals surface area (Å²) >= 11 is 0. The van der Waals surface area contributed by atoms with Crippen molar-refractivity contribution in [2.45, 2.75) is 39.2 Å². The van der Waals surface area contributed by atoms with Crippen LogP contribution < -0.4 is 0 Å². The molecule has 1 atom stereocenters. The van der Waals surface area contributed by atoms with Crippen LogP contribution in [-0.2, 0) is 14.3 Å². The summed E-state index contributed by atoms with van der Waals surface area (Å²) in [5.74, 6) is -0.214. The Labute approximate surface area is 189 Å². The van der Waals surface area contributed by atoms with E-state index in [0.29, 0.717) is 19.1 Å². The fourth-order valence-electron chi connectivity index (χ4n) is 4.29. The molecule has 0 bridgehead atoms. The molecule has 174 valence electrons. The summed E-state index contributed by atoms with van der Waals surface area (Å²) in [6, 6.07) is 12.5. The molecule has 0 N–H and O–H groups in total. The number of benzene rings is 2. The zero-order valence-corrected chi connectivity index (χ0v) is 18.9. The van der Waals surface area contributed by atoms with E-state index in [1.165, 1.54) is 24.3 Å². The predicted octanol–water partition coefficient (Wildman–Crippen LogP) is 5.37. The molecule has 0 saturated carbocycles. The van der Waals surface area contributed by atoms with Crippen molar-refractivity contribution in [2.24, 2.45) is 11.8 Å². The summed E-state index contributed by atoms with van der Waals surface area (Å²) in [5, 5.41) is 0. The second-order valence-corrected chi connectivity index (χ2v) is 8.53. The minimum atomic E-state index is -0.376. The Morgan fingerprint density at radius 2 is 1.53 bits per heavy atom. The SMILES string of the molecule is CCOC(=O)C(C)CC1CCN(CCOC(c2ccc(F)cc2)c2ccc(F)cc2)CC1. The van der Waals surface area contributed by atoms with E-state index in [0.717, 1.165) is 50.0 Å². The molecule has 3 rings (SSSR count). The fraction of sp³-hybridized carbons (Fsp3) is 0.500. The molecule has 4 nitrogen and oxygen atoms in total. The lowest BCUT2D eigenvalue weighted by Gasteiger charge is -2.33. The second-order valence-electron chi connectivity index (χ2n) is 8.53. The zero-order valence-electron chi connectivity index (χ0n) is 18.9. The van der Waals surface area contributed by atoms with Gasteiger partial charge in [-0.2, -0.15) is 0 Å². The van der Waals surface area contributed by atoms with E-state index in [-0.39, 0.29) is 29.6 Å². The standard InChI is InChI=1S/C26H33F2NO3/c1-3-31-26(30)19(2)18-20-12-14-29(15-13-20)16-17-32-25(21-4-8-23(27)9-5-21)22-6-10-24(28)11-7-22/h4-11,19-20,25H,3,12-18H2,1-2H3. The van der Waals surface area contributed by atoms with E-state index >= 15 is 0 Å². The Morgan fingerprint density at radius 1 is 1.00 bits per heavy atom. The van der Waals surface area contributed by atoms with Crippen LogP contribution in [-0.4, -0.2) is 43.7 Å². The number of nitrogens with zero attached hydrogens (tertiary/aromatic N) is 1. The Hall–Kier alpha value is -2.31. The number of likely N-dealkylation sites (tertiary alicyclic amines) is 1. The normalized spacial score (nSPS) is 16.3. The molecule has 1 fully saturated rings. The van der Waals surface area contributed by atoms with Gasteiger partial charge >= 0.3 is 5.97 Å². The maximum absolute atomic E-state index is 13.4. The second kappa shape index (κ2) is 12.1. The van der Waals surface area contributed by atoms with E-state index in [1.807, 2.05) is 13.8 Å².